The van der Waals surface area contributed by atoms with Gasteiger partial charge in [-0.15, -0.1) is 11.3 Å². The third-order valence-corrected chi connectivity index (χ3v) is 4.30. The Morgan fingerprint density at radius 2 is 2.23 bits per heavy atom. The lowest BCUT2D eigenvalue weighted by Gasteiger charge is -2.22. The van der Waals surface area contributed by atoms with Gasteiger partial charge in [0.1, 0.15) is 0 Å². The topological polar surface area (TPSA) is 80.9 Å². The fourth-order valence-electron chi connectivity index (χ4n) is 2.18. The largest absolute Gasteiger partial charge is 0.354 e. The molecule has 2 aromatic heterocycles. The standard InChI is InChI=1S/C16H22N4OS/c1-3-8-16(2,17)15(21)19-10-7-14-20-13(11-22-14)12-6-4-5-9-18-12/h4-6,9,11H,3,7-8,10,17H2,1-2H3,(H,19,21). The van der Waals surface area contributed by atoms with Crippen molar-refractivity contribution in [1.29, 1.82) is 0 Å². The Morgan fingerprint density at radius 3 is 2.91 bits per heavy atom. The first-order chi connectivity index (χ1) is 10.5. The lowest BCUT2D eigenvalue weighted by Crippen LogP contribution is -2.51. The summed E-state index contributed by atoms with van der Waals surface area (Å²) in [6, 6.07) is 5.76. The second-order valence-corrected chi connectivity index (χ2v) is 6.46. The normalized spacial score (nSPS) is 13.6. The molecule has 0 saturated carbocycles. The van der Waals surface area contributed by atoms with Crippen LogP contribution in [0.25, 0.3) is 11.4 Å². The Labute approximate surface area is 135 Å². The van der Waals surface area contributed by atoms with Crippen LogP contribution in [-0.4, -0.2) is 28.0 Å². The van der Waals surface area contributed by atoms with Gasteiger partial charge in [0.25, 0.3) is 0 Å². The maximum atomic E-state index is 12.0. The Balaban J connectivity index is 1.86. The third-order valence-electron chi connectivity index (χ3n) is 3.39. The highest BCUT2D eigenvalue weighted by atomic mass is 32.1. The molecule has 0 aliphatic rings. The minimum Gasteiger partial charge on any atom is -0.354 e. The van der Waals surface area contributed by atoms with E-state index in [1.807, 2.05) is 30.5 Å². The number of thiazole rings is 1. The van der Waals surface area contributed by atoms with Crippen molar-refractivity contribution in [3.63, 3.8) is 0 Å². The molecule has 6 heteroatoms. The number of hydrogen-bond donors (Lipinski definition) is 2. The number of hydrogen-bond acceptors (Lipinski definition) is 5. The highest BCUT2D eigenvalue weighted by Gasteiger charge is 2.26. The van der Waals surface area contributed by atoms with Crippen molar-refractivity contribution < 1.29 is 4.79 Å². The molecule has 0 saturated heterocycles. The number of nitrogens with one attached hydrogen (secondary N) is 1. The van der Waals surface area contributed by atoms with E-state index in [0.29, 0.717) is 19.4 Å². The van der Waals surface area contributed by atoms with E-state index < -0.39 is 5.54 Å². The quantitative estimate of drug-likeness (QED) is 0.821. The summed E-state index contributed by atoms with van der Waals surface area (Å²) in [7, 11) is 0. The van der Waals surface area contributed by atoms with E-state index in [0.717, 1.165) is 22.8 Å². The third kappa shape index (κ3) is 4.35. The smallest absolute Gasteiger partial charge is 0.239 e. The van der Waals surface area contributed by atoms with Crippen LogP contribution in [-0.2, 0) is 11.2 Å². The molecule has 0 spiro atoms. The Morgan fingerprint density at radius 1 is 1.41 bits per heavy atom. The van der Waals surface area contributed by atoms with Gasteiger partial charge >= 0.3 is 0 Å². The van der Waals surface area contributed by atoms with Gasteiger partial charge in [-0.25, -0.2) is 4.98 Å². The molecule has 1 unspecified atom stereocenters. The second-order valence-electron chi connectivity index (χ2n) is 5.51. The molecule has 0 aliphatic heterocycles. The molecule has 0 fully saturated rings. The number of rotatable bonds is 7. The average molecular weight is 318 g/mol. The van der Waals surface area contributed by atoms with Gasteiger partial charge in [-0.05, 0) is 25.5 Å². The van der Waals surface area contributed by atoms with Gasteiger partial charge < -0.3 is 11.1 Å². The number of carbonyl (C=O) groups excluding carboxylic acids is 1. The first-order valence-electron chi connectivity index (χ1n) is 7.46. The molecule has 1 atom stereocenters. The van der Waals surface area contributed by atoms with Crippen LogP contribution >= 0.6 is 11.3 Å². The summed E-state index contributed by atoms with van der Waals surface area (Å²) in [5, 5.41) is 5.86. The predicted molar refractivity (Wildman–Crippen MR) is 89.6 cm³/mol. The number of aromatic nitrogens is 2. The van der Waals surface area contributed by atoms with Crippen molar-refractivity contribution in [3.8, 4) is 11.4 Å². The Bertz CT molecular complexity index is 610. The van der Waals surface area contributed by atoms with E-state index in [1.165, 1.54) is 0 Å². The number of carbonyl (C=O) groups is 1. The SMILES string of the molecule is CCCC(C)(N)C(=O)NCCc1nc(-c2ccccn2)cs1. The summed E-state index contributed by atoms with van der Waals surface area (Å²) in [4.78, 5) is 20.8. The number of pyridine rings is 1. The number of nitrogens with zero attached hydrogens (tertiary/aromatic N) is 2. The molecule has 0 radical (unpaired) electrons. The Kier molecular flexibility index (Phi) is 5.63. The fraction of sp³-hybridized carbons (Fsp3) is 0.438. The van der Waals surface area contributed by atoms with Crippen LogP contribution in [0, 0.1) is 0 Å². The molecule has 1 amide bonds. The molecule has 0 bridgehead atoms. The van der Waals surface area contributed by atoms with E-state index in [4.69, 9.17) is 5.73 Å². The first-order valence-corrected chi connectivity index (χ1v) is 8.34. The second kappa shape index (κ2) is 7.47. The van der Waals surface area contributed by atoms with Crippen LogP contribution in [0.4, 0.5) is 0 Å². The zero-order chi connectivity index (χ0) is 16.0. The molecule has 118 valence electrons. The van der Waals surface area contributed by atoms with E-state index >= 15 is 0 Å². The average Bonchev–Trinajstić information content (AvgIpc) is 2.97. The van der Waals surface area contributed by atoms with Gasteiger partial charge in [-0.3, -0.25) is 9.78 Å². The van der Waals surface area contributed by atoms with Gasteiger partial charge in [0.15, 0.2) is 0 Å². The maximum absolute atomic E-state index is 12.0. The molecule has 2 rings (SSSR count). The van der Waals surface area contributed by atoms with Gasteiger partial charge in [0, 0.05) is 24.5 Å². The van der Waals surface area contributed by atoms with Crippen LogP contribution < -0.4 is 11.1 Å². The van der Waals surface area contributed by atoms with Crippen molar-refractivity contribution in [2.75, 3.05) is 6.54 Å². The monoisotopic (exact) mass is 318 g/mol. The van der Waals surface area contributed by atoms with E-state index in [2.05, 4.69) is 15.3 Å². The van der Waals surface area contributed by atoms with Gasteiger partial charge in [-0.2, -0.15) is 0 Å². The molecule has 0 aliphatic carbocycles. The zero-order valence-electron chi connectivity index (χ0n) is 13.0. The van der Waals surface area contributed by atoms with Crippen molar-refractivity contribution in [2.45, 2.75) is 38.6 Å². The van der Waals surface area contributed by atoms with Crippen molar-refractivity contribution in [3.05, 3.63) is 34.8 Å². The zero-order valence-corrected chi connectivity index (χ0v) is 13.8. The lowest BCUT2D eigenvalue weighted by molar-refractivity contribution is -0.126. The van der Waals surface area contributed by atoms with E-state index in [-0.39, 0.29) is 5.91 Å². The molecule has 22 heavy (non-hydrogen) atoms. The van der Waals surface area contributed by atoms with Crippen molar-refractivity contribution >= 4 is 17.2 Å². The summed E-state index contributed by atoms with van der Waals surface area (Å²) < 4.78 is 0. The molecule has 5 nitrogen and oxygen atoms in total. The molecule has 3 N–H and O–H groups in total. The molecular weight excluding hydrogens is 296 g/mol. The van der Waals surface area contributed by atoms with E-state index in [9.17, 15) is 4.79 Å². The van der Waals surface area contributed by atoms with Crippen molar-refractivity contribution in [2.24, 2.45) is 5.73 Å². The molecule has 2 aromatic rings. The maximum Gasteiger partial charge on any atom is 0.239 e. The predicted octanol–water partition coefficient (Wildman–Crippen LogP) is 2.38. The van der Waals surface area contributed by atoms with Gasteiger partial charge in [0.2, 0.25) is 5.91 Å². The summed E-state index contributed by atoms with van der Waals surface area (Å²) >= 11 is 1.58. The van der Waals surface area contributed by atoms with Crippen LogP contribution in [0.3, 0.4) is 0 Å². The molecule has 0 aromatic carbocycles. The number of nitrogens with two attached hydrogens (primary N) is 1. The van der Waals surface area contributed by atoms with Crippen LogP contribution in [0.15, 0.2) is 29.8 Å². The summed E-state index contributed by atoms with van der Waals surface area (Å²) in [5.41, 5.74) is 6.95. The summed E-state index contributed by atoms with van der Waals surface area (Å²) in [6.45, 7) is 4.34. The fourth-order valence-corrected chi connectivity index (χ4v) is 2.97. The van der Waals surface area contributed by atoms with Gasteiger partial charge in [-0.1, -0.05) is 19.4 Å². The Hall–Kier alpha value is -1.79. The lowest BCUT2D eigenvalue weighted by atomic mass is 9.96. The molecular formula is C16H22N4OS. The van der Waals surface area contributed by atoms with E-state index in [1.54, 1.807) is 24.5 Å². The summed E-state index contributed by atoms with van der Waals surface area (Å²) in [6.07, 6.45) is 4.02. The highest BCUT2D eigenvalue weighted by molar-refractivity contribution is 7.09. The highest BCUT2D eigenvalue weighted by Crippen LogP contribution is 2.19. The molecule has 2 heterocycles. The van der Waals surface area contributed by atoms with Crippen LogP contribution in [0.1, 0.15) is 31.7 Å². The number of amides is 1. The summed E-state index contributed by atoms with van der Waals surface area (Å²) in [5.74, 6) is -0.101. The minimum absolute atomic E-state index is 0.101. The first kappa shape index (κ1) is 16.6. The van der Waals surface area contributed by atoms with Gasteiger partial charge in [0.05, 0.1) is 21.9 Å². The minimum atomic E-state index is -0.795. The van der Waals surface area contributed by atoms with Crippen LogP contribution in [0.2, 0.25) is 0 Å². The van der Waals surface area contributed by atoms with Crippen LogP contribution in [0.5, 0.6) is 0 Å². The van der Waals surface area contributed by atoms with Crippen molar-refractivity contribution in [1.82, 2.24) is 15.3 Å².